The molecule has 0 saturated carbocycles. The van der Waals surface area contributed by atoms with Crippen LogP contribution in [-0.2, 0) is 11.3 Å². The number of carboxylic acids is 1. The van der Waals surface area contributed by atoms with Gasteiger partial charge in [0, 0.05) is 23.7 Å². The third-order valence-corrected chi connectivity index (χ3v) is 7.42. The van der Waals surface area contributed by atoms with E-state index in [-0.39, 0.29) is 30.7 Å². The number of aliphatic carboxylic acids is 1. The second-order valence-corrected chi connectivity index (χ2v) is 10.6. The van der Waals surface area contributed by atoms with Gasteiger partial charge < -0.3 is 15.2 Å². The van der Waals surface area contributed by atoms with Crippen LogP contribution in [0.25, 0.3) is 17.3 Å². The van der Waals surface area contributed by atoms with Crippen molar-refractivity contribution in [3.05, 3.63) is 111 Å². The monoisotopic (exact) mass is 590 g/mol. The Morgan fingerprint density at radius 1 is 1.07 bits per heavy atom. The second-order valence-electron chi connectivity index (χ2n) is 9.77. The summed E-state index contributed by atoms with van der Waals surface area (Å²) in [6, 6.07) is 21.9. The lowest BCUT2D eigenvalue weighted by Gasteiger charge is -2.28. The molecule has 1 atom stereocenters. The highest BCUT2D eigenvalue weighted by molar-refractivity contribution is 6.35. The quantitative estimate of drug-likeness (QED) is 0.256. The summed E-state index contributed by atoms with van der Waals surface area (Å²) < 4.78 is 6.95. The number of nitrogens with one attached hydrogen (secondary N) is 1. The van der Waals surface area contributed by atoms with Crippen molar-refractivity contribution >= 4 is 46.7 Å². The number of carbonyl (C=O) groups excluding carboxylic acids is 1. The van der Waals surface area contributed by atoms with Crippen molar-refractivity contribution in [3.63, 3.8) is 0 Å². The smallest absolute Gasteiger partial charge is 0.317 e. The Morgan fingerprint density at radius 2 is 1.80 bits per heavy atom. The first-order valence-corrected chi connectivity index (χ1v) is 13.7. The topological polar surface area (TPSA) is 96.7 Å². The molecule has 2 N–H and O–H groups in total. The largest absolute Gasteiger partial charge is 0.497 e. The van der Waals surface area contributed by atoms with Crippen molar-refractivity contribution in [2.75, 3.05) is 20.2 Å². The summed E-state index contributed by atoms with van der Waals surface area (Å²) >= 11 is 12.8. The van der Waals surface area contributed by atoms with E-state index in [2.05, 4.69) is 5.32 Å². The Kier molecular flexibility index (Phi) is 8.44. The number of rotatable bonds is 8. The summed E-state index contributed by atoms with van der Waals surface area (Å²) in [6.07, 6.45) is 1.96. The Hall–Kier alpha value is -4.11. The van der Waals surface area contributed by atoms with E-state index in [1.807, 2.05) is 67.6 Å². The average molecular weight is 591 g/mol. The minimum absolute atomic E-state index is 0.199. The predicted octanol–water partition coefficient (Wildman–Crippen LogP) is 6.12. The van der Waals surface area contributed by atoms with Crippen molar-refractivity contribution < 1.29 is 19.4 Å². The van der Waals surface area contributed by atoms with Gasteiger partial charge in [0.2, 0.25) is 0 Å². The number of aromatic nitrogens is 2. The van der Waals surface area contributed by atoms with Crippen LogP contribution in [0.2, 0.25) is 10.0 Å². The molecular formula is C31H28Cl2N4O4. The fourth-order valence-electron chi connectivity index (χ4n) is 4.94. The molecule has 0 fully saturated rings. The lowest BCUT2D eigenvalue weighted by molar-refractivity contribution is -0.138. The lowest BCUT2D eigenvalue weighted by atomic mass is 9.97. The van der Waals surface area contributed by atoms with Gasteiger partial charge in [-0.15, -0.1) is 0 Å². The number of hydrogen-bond acceptors (Lipinski definition) is 5. The fourth-order valence-corrected chi connectivity index (χ4v) is 5.43. The third-order valence-electron chi connectivity index (χ3n) is 6.88. The molecule has 8 nitrogen and oxygen atoms in total. The minimum Gasteiger partial charge on any atom is -0.497 e. The zero-order valence-corrected chi connectivity index (χ0v) is 24.0. The van der Waals surface area contributed by atoms with Gasteiger partial charge in [0.1, 0.15) is 5.75 Å². The van der Waals surface area contributed by atoms with Gasteiger partial charge in [0.15, 0.2) is 5.69 Å². The summed E-state index contributed by atoms with van der Waals surface area (Å²) in [5, 5.41) is 18.3. The van der Waals surface area contributed by atoms with Crippen molar-refractivity contribution in [1.29, 1.82) is 0 Å². The molecule has 1 aliphatic heterocycles. The second kappa shape index (κ2) is 12.2. The molecule has 5 rings (SSSR count). The van der Waals surface area contributed by atoms with Gasteiger partial charge in [0.05, 0.1) is 36.1 Å². The van der Waals surface area contributed by atoms with E-state index in [1.54, 1.807) is 34.9 Å². The van der Waals surface area contributed by atoms with E-state index in [0.29, 0.717) is 39.3 Å². The minimum atomic E-state index is -0.964. The van der Waals surface area contributed by atoms with Gasteiger partial charge in [-0.3, -0.25) is 14.5 Å². The van der Waals surface area contributed by atoms with Crippen molar-refractivity contribution in [2.45, 2.75) is 19.5 Å². The number of carbonyl (C=O) groups is 2. The zero-order valence-electron chi connectivity index (χ0n) is 22.5. The van der Waals surface area contributed by atoms with E-state index >= 15 is 0 Å². The highest BCUT2D eigenvalue weighted by Crippen LogP contribution is 2.36. The molecule has 0 radical (unpaired) electrons. The molecule has 1 amide bonds. The molecule has 2 heterocycles. The number of carboxylic acid groups (broad SMARTS) is 1. The average Bonchev–Trinajstić information content (AvgIpc) is 3.33. The van der Waals surface area contributed by atoms with Crippen LogP contribution in [0.5, 0.6) is 5.75 Å². The number of ether oxygens (including phenoxy) is 1. The molecule has 4 aromatic rings. The molecule has 10 heteroatoms. The van der Waals surface area contributed by atoms with Crippen LogP contribution in [0.15, 0.2) is 72.8 Å². The number of benzene rings is 3. The van der Waals surface area contributed by atoms with Gasteiger partial charge in [0.25, 0.3) is 5.91 Å². The molecule has 0 aliphatic carbocycles. The number of amides is 1. The number of halogens is 2. The Balaban J connectivity index is 1.66. The standard InChI is InChI=1S/C31H28Cl2N4O4/c1-19(21-6-4-3-5-7-21)34-31(40)29-25-17-36(18-28(38)39)16-22(14-20-8-11-24(41-2)12-9-20)30(25)37(35-29)27-13-10-23(32)15-26(27)33/h3-15,19H,16-18H2,1-2H3,(H,34,40)(H,38,39)/t19-/m1/s1. The van der Waals surface area contributed by atoms with E-state index in [0.717, 1.165) is 16.7 Å². The molecule has 1 aromatic heterocycles. The Morgan fingerprint density at radius 3 is 2.46 bits per heavy atom. The fraction of sp³-hybridized carbons (Fsp3) is 0.194. The normalized spacial score (nSPS) is 14.9. The van der Waals surface area contributed by atoms with Crippen LogP contribution in [0, 0.1) is 0 Å². The van der Waals surface area contributed by atoms with Crippen LogP contribution in [0.1, 0.15) is 45.8 Å². The molecule has 3 aromatic carbocycles. The number of nitrogens with zero attached hydrogens (tertiary/aromatic N) is 3. The van der Waals surface area contributed by atoms with Gasteiger partial charge >= 0.3 is 5.97 Å². The highest BCUT2D eigenvalue weighted by atomic mass is 35.5. The van der Waals surface area contributed by atoms with E-state index in [4.69, 9.17) is 33.0 Å². The first kappa shape index (κ1) is 28.4. The lowest BCUT2D eigenvalue weighted by Crippen LogP contribution is -2.35. The molecule has 0 bridgehead atoms. The first-order chi connectivity index (χ1) is 19.7. The number of hydrogen-bond donors (Lipinski definition) is 2. The van der Waals surface area contributed by atoms with Crippen LogP contribution in [0.3, 0.4) is 0 Å². The van der Waals surface area contributed by atoms with Gasteiger partial charge in [-0.05, 0) is 60.0 Å². The summed E-state index contributed by atoms with van der Waals surface area (Å²) in [5.74, 6) is -0.620. The molecular weight excluding hydrogens is 563 g/mol. The Labute approximate surface area is 247 Å². The molecule has 0 unspecified atom stereocenters. The summed E-state index contributed by atoms with van der Waals surface area (Å²) in [7, 11) is 1.60. The number of fused-ring (bicyclic) bond motifs is 1. The van der Waals surface area contributed by atoms with E-state index < -0.39 is 5.97 Å². The van der Waals surface area contributed by atoms with Gasteiger partial charge in [-0.2, -0.15) is 5.10 Å². The van der Waals surface area contributed by atoms with Crippen LogP contribution < -0.4 is 10.1 Å². The van der Waals surface area contributed by atoms with Crippen molar-refractivity contribution in [3.8, 4) is 11.4 Å². The molecule has 41 heavy (non-hydrogen) atoms. The van der Waals surface area contributed by atoms with Crippen LogP contribution in [0.4, 0.5) is 0 Å². The predicted molar refractivity (Wildman–Crippen MR) is 160 cm³/mol. The Bertz CT molecular complexity index is 1620. The molecule has 0 spiro atoms. The maximum absolute atomic E-state index is 13.7. The van der Waals surface area contributed by atoms with Gasteiger partial charge in [-0.25, -0.2) is 4.68 Å². The summed E-state index contributed by atoms with van der Waals surface area (Å²) in [4.78, 5) is 27.2. The van der Waals surface area contributed by atoms with Crippen LogP contribution >= 0.6 is 23.2 Å². The molecule has 0 saturated heterocycles. The highest BCUT2D eigenvalue weighted by Gasteiger charge is 2.33. The van der Waals surface area contributed by atoms with Gasteiger partial charge in [-0.1, -0.05) is 65.7 Å². The maximum Gasteiger partial charge on any atom is 0.317 e. The van der Waals surface area contributed by atoms with E-state index in [9.17, 15) is 14.7 Å². The van der Waals surface area contributed by atoms with E-state index in [1.165, 1.54) is 0 Å². The molecule has 1 aliphatic rings. The summed E-state index contributed by atoms with van der Waals surface area (Å²) in [5.41, 5.74) is 4.65. The third kappa shape index (κ3) is 6.30. The SMILES string of the molecule is COc1ccc(C=C2CN(CC(=O)O)Cc3c(C(=O)N[C@H](C)c4ccccc4)nn(-c4ccc(Cl)cc4Cl)c32)cc1. The number of methoxy groups -OCH3 is 1. The first-order valence-electron chi connectivity index (χ1n) is 13.0. The van der Waals surface area contributed by atoms with Crippen molar-refractivity contribution in [1.82, 2.24) is 20.0 Å². The zero-order chi connectivity index (χ0) is 29.1. The summed E-state index contributed by atoms with van der Waals surface area (Å²) in [6.45, 7) is 2.24. The maximum atomic E-state index is 13.7. The van der Waals surface area contributed by atoms with Crippen LogP contribution in [-0.4, -0.2) is 51.9 Å². The van der Waals surface area contributed by atoms with Crippen molar-refractivity contribution in [2.24, 2.45) is 0 Å². The molecule has 210 valence electrons.